The van der Waals surface area contributed by atoms with Crippen LogP contribution < -0.4 is 10.6 Å². The summed E-state index contributed by atoms with van der Waals surface area (Å²) in [6.07, 6.45) is -0.0418. The van der Waals surface area contributed by atoms with Gasteiger partial charge in [0.05, 0.1) is 17.8 Å². The van der Waals surface area contributed by atoms with Gasteiger partial charge >= 0.3 is 6.03 Å². The largest absolute Gasteiger partial charge is 0.390 e. The van der Waals surface area contributed by atoms with Gasteiger partial charge < -0.3 is 15.7 Å². The van der Waals surface area contributed by atoms with Gasteiger partial charge in [0.25, 0.3) is 0 Å². The lowest BCUT2D eigenvalue weighted by molar-refractivity contribution is 0.144. The number of hydrogen-bond acceptors (Lipinski definition) is 2. The molecule has 2 atom stereocenters. The molecule has 0 saturated heterocycles. The minimum atomic E-state index is -0.600. The molecule has 2 aromatic carbocycles. The zero-order valence-electron chi connectivity index (χ0n) is 11.5. The number of fused-ring (bicyclic) bond motifs is 1. The van der Waals surface area contributed by atoms with Crippen LogP contribution >= 0.6 is 31.9 Å². The van der Waals surface area contributed by atoms with E-state index in [0.717, 1.165) is 20.1 Å². The Bertz CT molecular complexity index is 721. The van der Waals surface area contributed by atoms with Crippen LogP contribution in [0.15, 0.2) is 51.4 Å². The summed E-state index contributed by atoms with van der Waals surface area (Å²) in [5.74, 6) is 0. The van der Waals surface area contributed by atoms with Crippen LogP contribution in [0.1, 0.15) is 17.2 Å². The maximum Gasteiger partial charge on any atom is 0.319 e. The summed E-state index contributed by atoms with van der Waals surface area (Å²) in [4.78, 5) is 12.2. The average Bonchev–Trinajstić information content (AvgIpc) is 2.78. The van der Waals surface area contributed by atoms with E-state index >= 15 is 0 Å². The van der Waals surface area contributed by atoms with Crippen LogP contribution in [0.2, 0.25) is 0 Å². The number of hydrogen-bond donors (Lipinski definition) is 3. The monoisotopic (exact) mass is 424 g/mol. The van der Waals surface area contributed by atoms with E-state index in [0.29, 0.717) is 12.1 Å². The van der Waals surface area contributed by atoms with Gasteiger partial charge in [0.2, 0.25) is 0 Å². The number of aliphatic hydroxyl groups is 1. The summed E-state index contributed by atoms with van der Waals surface area (Å²) in [5.41, 5.74) is 2.71. The van der Waals surface area contributed by atoms with Gasteiger partial charge in [0.1, 0.15) is 0 Å². The van der Waals surface area contributed by atoms with Gasteiger partial charge in [-0.25, -0.2) is 4.79 Å². The molecule has 0 aliphatic heterocycles. The summed E-state index contributed by atoms with van der Waals surface area (Å²) in [6.45, 7) is 0. The summed E-state index contributed by atoms with van der Waals surface area (Å²) in [5, 5.41) is 15.8. The average molecular weight is 426 g/mol. The lowest BCUT2D eigenvalue weighted by atomic mass is 10.1. The summed E-state index contributed by atoms with van der Waals surface area (Å²) in [6, 6.07) is 12.5. The van der Waals surface area contributed by atoms with Crippen molar-refractivity contribution in [3.8, 4) is 0 Å². The summed E-state index contributed by atoms with van der Waals surface area (Å²) in [7, 11) is 0. The number of urea groups is 1. The Morgan fingerprint density at radius 2 is 1.95 bits per heavy atom. The van der Waals surface area contributed by atoms with Gasteiger partial charge in [0, 0.05) is 15.4 Å². The Kier molecular flexibility index (Phi) is 4.52. The molecule has 114 valence electrons. The number of rotatable bonds is 2. The maximum atomic E-state index is 12.2. The van der Waals surface area contributed by atoms with Crippen LogP contribution in [-0.2, 0) is 6.42 Å². The van der Waals surface area contributed by atoms with Crippen molar-refractivity contribution in [2.45, 2.75) is 18.6 Å². The SMILES string of the molecule is O=C(Nc1ccc(Br)cc1Br)N[C@@H]1c2ccccc2C[C@@H]1O. The Morgan fingerprint density at radius 3 is 2.73 bits per heavy atom. The number of halogens is 2. The first kappa shape index (κ1) is 15.5. The molecule has 1 aliphatic carbocycles. The minimum Gasteiger partial charge on any atom is -0.390 e. The van der Waals surface area contributed by atoms with Crippen molar-refractivity contribution >= 4 is 43.6 Å². The van der Waals surface area contributed by atoms with Gasteiger partial charge in [-0.05, 0) is 45.3 Å². The number of carbonyl (C=O) groups is 1. The molecule has 0 spiro atoms. The van der Waals surface area contributed by atoms with Gasteiger partial charge in [-0.2, -0.15) is 0 Å². The number of benzene rings is 2. The van der Waals surface area contributed by atoms with E-state index in [9.17, 15) is 9.90 Å². The van der Waals surface area contributed by atoms with Gasteiger partial charge in [0.15, 0.2) is 0 Å². The van der Waals surface area contributed by atoms with Gasteiger partial charge in [-0.1, -0.05) is 40.2 Å². The third-order valence-electron chi connectivity index (χ3n) is 3.67. The molecule has 6 heteroatoms. The molecule has 2 amide bonds. The fourth-order valence-corrected chi connectivity index (χ4v) is 3.78. The van der Waals surface area contributed by atoms with E-state index < -0.39 is 6.10 Å². The third kappa shape index (κ3) is 3.19. The normalized spacial score (nSPS) is 19.6. The lowest BCUT2D eigenvalue weighted by Crippen LogP contribution is -2.36. The lowest BCUT2D eigenvalue weighted by Gasteiger charge is -2.18. The highest BCUT2D eigenvalue weighted by Crippen LogP contribution is 2.31. The van der Waals surface area contributed by atoms with E-state index in [1.165, 1.54) is 0 Å². The Hall–Kier alpha value is -1.37. The highest BCUT2D eigenvalue weighted by molar-refractivity contribution is 9.11. The van der Waals surface area contributed by atoms with Crippen LogP contribution in [0.4, 0.5) is 10.5 Å². The smallest absolute Gasteiger partial charge is 0.319 e. The predicted molar refractivity (Wildman–Crippen MR) is 92.9 cm³/mol. The van der Waals surface area contributed by atoms with Crippen LogP contribution in [0, 0.1) is 0 Å². The summed E-state index contributed by atoms with van der Waals surface area (Å²) >= 11 is 6.77. The van der Waals surface area contributed by atoms with Crippen molar-refractivity contribution < 1.29 is 9.90 Å². The van der Waals surface area contributed by atoms with E-state index in [-0.39, 0.29) is 12.1 Å². The fraction of sp³-hybridized carbons (Fsp3) is 0.188. The van der Waals surface area contributed by atoms with Crippen LogP contribution in [0.25, 0.3) is 0 Å². The van der Waals surface area contributed by atoms with Crippen molar-refractivity contribution in [2.75, 3.05) is 5.32 Å². The van der Waals surface area contributed by atoms with Crippen molar-refractivity contribution in [3.63, 3.8) is 0 Å². The Morgan fingerprint density at radius 1 is 1.18 bits per heavy atom. The van der Waals surface area contributed by atoms with Gasteiger partial charge in [-0.3, -0.25) is 0 Å². The van der Waals surface area contributed by atoms with Crippen LogP contribution in [0.5, 0.6) is 0 Å². The molecule has 3 rings (SSSR count). The van der Waals surface area contributed by atoms with Crippen molar-refractivity contribution in [1.82, 2.24) is 5.32 Å². The second-order valence-electron chi connectivity index (χ2n) is 5.17. The second-order valence-corrected chi connectivity index (χ2v) is 6.94. The molecule has 3 N–H and O–H groups in total. The van der Waals surface area contributed by atoms with Gasteiger partial charge in [-0.15, -0.1) is 0 Å². The summed E-state index contributed by atoms with van der Waals surface area (Å²) < 4.78 is 1.70. The topological polar surface area (TPSA) is 61.4 Å². The quantitative estimate of drug-likeness (QED) is 0.681. The molecule has 1 aliphatic rings. The predicted octanol–water partition coefficient (Wildman–Crippen LogP) is 3.99. The zero-order valence-corrected chi connectivity index (χ0v) is 14.7. The van der Waals surface area contributed by atoms with E-state index in [2.05, 4.69) is 42.5 Å². The zero-order chi connectivity index (χ0) is 15.7. The molecule has 0 radical (unpaired) electrons. The molecule has 4 nitrogen and oxygen atoms in total. The Labute approximate surface area is 145 Å². The van der Waals surface area contributed by atoms with E-state index in [1.807, 2.05) is 36.4 Å². The number of nitrogens with one attached hydrogen (secondary N) is 2. The number of aliphatic hydroxyl groups excluding tert-OH is 1. The van der Waals surface area contributed by atoms with Crippen molar-refractivity contribution in [2.24, 2.45) is 0 Å². The maximum absolute atomic E-state index is 12.2. The highest BCUT2D eigenvalue weighted by atomic mass is 79.9. The molecule has 0 bridgehead atoms. The van der Waals surface area contributed by atoms with Crippen LogP contribution in [0.3, 0.4) is 0 Å². The third-order valence-corrected chi connectivity index (χ3v) is 4.82. The van der Waals surface area contributed by atoms with Crippen molar-refractivity contribution in [1.29, 1.82) is 0 Å². The molecule has 0 saturated carbocycles. The van der Waals surface area contributed by atoms with Crippen LogP contribution in [-0.4, -0.2) is 17.2 Å². The fourth-order valence-electron chi connectivity index (χ4n) is 2.64. The second kappa shape index (κ2) is 6.40. The van der Waals surface area contributed by atoms with E-state index in [4.69, 9.17) is 0 Å². The molecular formula is C16H14Br2N2O2. The Balaban J connectivity index is 1.72. The molecule has 0 fully saturated rings. The first-order valence-corrected chi connectivity index (χ1v) is 8.41. The number of amides is 2. The molecule has 22 heavy (non-hydrogen) atoms. The minimum absolute atomic E-state index is 0.344. The molecule has 0 aromatic heterocycles. The highest BCUT2D eigenvalue weighted by Gasteiger charge is 2.31. The first-order chi connectivity index (χ1) is 10.5. The standard InChI is InChI=1S/C16H14Br2N2O2/c17-10-5-6-13(12(18)8-10)19-16(22)20-15-11-4-2-1-3-9(11)7-14(15)21/h1-6,8,14-15,21H,7H2,(H2,19,20,22)/t14-,15+/m0/s1. The molecular weight excluding hydrogens is 412 g/mol. The molecule has 0 heterocycles. The number of anilines is 1. The van der Waals surface area contributed by atoms with Crippen molar-refractivity contribution in [3.05, 3.63) is 62.5 Å². The first-order valence-electron chi connectivity index (χ1n) is 6.83. The molecule has 0 unspecified atom stereocenters. The number of carbonyl (C=O) groups excluding carboxylic acids is 1. The van der Waals surface area contributed by atoms with E-state index in [1.54, 1.807) is 6.07 Å². The molecule has 2 aromatic rings.